The quantitative estimate of drug-likeness (QED) is 0.406. The number of carbonyl (C=O) groups is 1. The Hall–Kier alpha value is -4.07. The van der Waals surface area contributed by atoms with Crippen molar-refractivity contribution in [3.05, 3.63) is 64.2 Å². The standard InChI is InChI=1S/C24H24N4O4/c1-4-31-19-9-15-18(10-20(19)32-5-2)26-12-16(23(25)29)22(15)28-17-8-6-7-14-21(17)13(3)11-27-24(14)30/h6-12H,4-5H2,1-3H3,(H2,25,29)(H,26,28)(H,27,30). The molecule has 0 fully saturated rings. The van der Waals surface area contributed by atoms with Gasteiger partial charge in [0, 0.05) is 40.3 Å². The maximum atomic E-state index is 12.3. The maximum absolute atomic E-state index is 12.3. The molecule has 4 rings (SSSR count). The number of carbonyl (C=O) groups excluding carboxylic acids is 1. The number of H-pyrrole nitrogens is 1. The Morgan fingerprint density at radius 3 is 2.53 bits per heavy atom. The molecule has 0 radical (unpaired) electrons. The molecule has 0 bridgehead atoms. The van der Waals surface area contributed by atoms with Crippen LogP contribution in [0.4, 0.5) is 11.4 Å². The van der Waals surface area contributed by atoms with Crippen LogP contribution in [0.5, 0.6) is 11.5 Å². The molecule has 4 aromatic rings. The van der Waals surface area contributed by atoms with Gasteiger partial charge in [-0.3, -0.25) is 14.6 Å². The van der Waals surface area contributed by atoms with Gasteiger partial charge in [-0.05, 0) is 44.5 Å². The second-order valence-electron chi connectivity index (χ2n) is 7.25. The molecule has 0 saturated carbocycles. The van der Waals surface area contributed by atoms with E-state index in [2.05, 4.69) is 15.3 Å². The summed E-state index contributed by atoms with van der Waals surface area (Å²) in [5.41, 5.74) is 8.36. The number of nitrogens with zero attached hydrogens (tertiary/aromatic N) is 1. The molecular formula is C24H24N4O4. The molecule has 8 nitrogen and oxygen atoms in total. The third-order valence-electron chi connectivity index (χ3n) is 5.18. The molecule has 0 aliphatic carbocycles. The fourth-order valence-electron chi connectivity index (χ4n) is 3.79. The Labute approximate surface area is 184 Å². The molecule has 2 heterocycles. The van der Waals surface area contributed by atoms with Crippen LogP contribution in [0.15, 0.2) is 47.5 Å². The molecule has 0 saturated heterocycles. The second kappa shape index (κ2) is 8.58. The molecule has 0 unspecified atom stereocenters. The lowest BCUT2D eigenvalue weighted by Gasteiger charge is -2.18. The van der Waals surface area contributed by atoms with E-state index in [-0.39, 0.29) is 11.1 Å². The summed E-state index contributed by atoms with van der Waals surface area (Å²) in [6.45, 7) is 6.60. The number of aromatic nitrogens is 2. The number of amides is 1. The average Bonchev–Trinajstić information content (AvgIpc) is 2.77. The van der Waals surface area contributed by atoms with Crippen molar-refractivity contribution < 1.29 is 14.3 Å². The van der Waals surface area contributed by atoms with E-state index in [4.69, 9.17) is 15.2 Å². The number of hydrogen-bond donors (Lipinski definition) is 3. The monoisotopic (exact) mass is 432 g/mol. The van der Waals surface area contributed by atoms with Crippen LogP contribution in [0.1, 0.15) is 29.8 Å². The summed E-state index contributed by atoms with van der Waals surface area (Å²) in [4.78, 5) is 31.7. The predicted molar refractivity (Wildman–Crippen MR) is 125 cm³/mol. The van der Waals surface area contributed by atoms with Gasteiger partial charge in [-0.25, -0.2) is 0 Å². The summed E-state index contributed by atoms with van der Waals surface area (Å²) in [6.07, 6.45) is 3.10. The lowest BCUT2D eigenvalue weighted by molar-refractivity contribution is 0.100. The second-order valence-corrected chi connectivity index (χ2v) is 7.25. The van der Waals surface area contributed by atoms with E-state index >= 15 is 0 Å². The molecule has 0 aliphatic rings. The Kier molecular flexibility index (Phi) is 5.68. The molecule has 2 aromatic carbocycles. The number of aromatic amines is 1. The van der Waals surface area contributed by atoms with E-state index in [0.717, 1.165) is 10.9 Å². The fourth-order valence-corrected chi connectivity index (χ4v) is 3.79. The summed E-state index contributed by atoms with van der Waals surface area (Å²) >= 11 is 0. The highest BCUT2D eigenvalue weighted by molar-refractivity contribution is 6.09. The minimum atomic E-state index is -0.622. The van der Waals surface area contributed by atoms with E-state index in [1.165, 1.54) is 6.20 Å². The first-order valence-corrected chi connectivity index (χ1v) is 10.3. The molecular weight excluding hydrogens is 408 g/mol. The number of nitrogens with two attached hydrogens (primary N) is 1. The first-order valence-electron chi connectivity index (χ1n) is 10.3. The van der Waals surface area contributed by atoms with Gasteiger partial charge in [-0.15, -0.1) is 0 Å². The Bertz CT molecular complexity index is 1390. The first kappa shape index (κ1) is 21.2. The normalized spacial score (nSPS) is 11.0. The maximum Gasteiger partial charge on any atom is 0.255 e. The minimum absolute atomic E-state index is 0.191. The lowest BCUT2D eigenvalue weighted by atomic mass is 10.0. The Morgan fingerprint density at radius 2 is 1.84 bits per heavy atom. The van der Waals surface area contributed by atoms with Gasteiger partial charge in [0.2, 0.25) is 0 Å². The van der Waals surface area contributed by atoms with Crippen LogP contribution in [0, 0.1) is 6.92 Å². The van der Waals surface area contributed by atoms with Crippen molar-refractivity contribution in [3.63, 3.8) is 0 Å². The largest absolute Gasteiger partial charge is 0.490 e. The summed E-state index contributed by atoms with van der Waals surface area (Å²) in [6, 6.07) is 8.96. The molecule has 0 aliphatic heterocycles. The highest BCUT2D eigenvalue weighted by atomic mass is 16.5. The summed E-state index contributed by atoms with van der Waals surface area (Å²) in [7, 11) is 0. The molecule has 164 valence electrons. The molecule has 32 heavy (non-hydrogen) atoms. The van der Waals surface area contributed by atoms with Crippen LogP contribution in [-0.4, -0.2) is 29.1 Å². The number of ether oxygens (including phenoxy) is 2. The molecule has 8 heteroatoms. The topological polar surface area (TPSA) is 119 Å². The van der Waals surface area contributed by atoms with Crippen LogP contribution in [-0.2, 0) is 0 Å². The Morgan fingerprint density at radius 1 is 1.12 bits per heavy atom. The average molecular weight is 432 g/mol. The van der Waals surface area contributed by atoms with E-state index in [1.54, 1.807) is 30.5 Å². The Balaban J connectivity index is 1.99. The smallest absolute Gasteiger partial charge is 0.255 e. The molecule has 4 N–H and O–H groups in total. The van der Waals surface area contributed by atoms with Gasteiger partial charge in [-0.2, -0.15) is 0 Å². The number of nitrogens with one attached hydrogen (secondary N) is 2. The van der Waals surface area contributed by atoms with Crippen LogP contribution in [0.25, 0.3) is 21.7 Å². The van der Waals surface area contributed by atoms with Crippen molar-refractivity contribution in [3.8, 4) is 11.5 Å². The third-order valence-corrected chi connectivity index (χ3v) is 5.18. The van der Waals surface area contributed by atoms with Crippen LogP contribution < -0.4 is 26.1 Å². The van der Waals surface area contributed by atoms with Crippen molar-refractivity contribution in [1.82, 2.24) is 9.97 Å². The zero-order chi connectivity index (χ0) is 22.8. The minimum Gasteiger partial charge on any atom is -0.490 e. The van der Waals surface area contributed by atoms with Crippen molar-refractivity contribution in [2.24, 2.45) is 5.73 Å². The van der Waals surface area contributed by atoms with Crippen molar-refractivity contribution in [2.45, 2.75) is 20.8 Å². The third kappa shape index (κ3) is 3.71. The molecule has 0 atom stereocenters. The van der Waals surface area contributed by atoms with Crippen LogP contribution >= 0.6 is 0 Å². The zero-order valence-corrected chi connectivity index (χ0v) is 18.1. The molecule has 2 aromatic heterocycles. The highest BCUT2D eigenvalue weighted by Crippen LogP contribution is 2.38. The number of pyridine rings is 2. The SMILES string of the molecule is CCOc1cc2ncc(C(N)=O)c(Nc3cccc4c(=O)[nH]cc(C)c34)c2cc1OCC. The van der Waals surface area contributed by atoms with E-state index in [0.29, 0.717) is 52.4 Å². The number of aryl methyl sites for hydroxylation is 1. The fraction of sp³-hybridized carbons (Fsp3) is 0.208. The van der Waals surface area contributed by atoms with Crippen molar-refractivity contribution in [1.29, 1.82) is 0 Å². The summed E-state index contributed by atoms with van der Waals surface area (Å²) < 4.78 is 11.5. The van der Waals surface area contributed by atoms with Crippen molar-refractivity contribution >= 4 is 39.0 Å². The van der Waals surface area contributed by atoms with E-state index < -0.39 is 5.91 Å². The number of fused-ring (bicyclic) bond motifs is 2. The van der Waals surface area contributed by atoms with Gasteiger partial charge in [0.15, 0.2) is 11.5 Å². The lowest BCUT2D eigenvalue weighted by Crippen LogP contribution is -2.14. The van der Waals surface area contributed by atoms with Gasteiger partial charge in [0.25, 0.3) is 11.5 Å². The number of anilines is 2. The van der Waals surface area contributed by atoms with Gasteiger partial charge in [0.05, 0.1) is 30.0 Å². The van der Waals surface area contributed by atoms with Crippen LogP contribution in [0.3, 0.4) is 0 Å². The predicted octanol–water partition coefficient (Wildman–Crippen LogP) is 4.02. The van der Waals surface area contributed by atoms with E-state index in [9.17, 15) is 9.59 Å². The van der Waals surface area contributed by atoms with Gasteiger partial charge in [0.1, 0.15) is 0 Å². The zero-order valence-electron chi connectivity index (χ0n) is 18.1. The van der Waals surface area contributed by atoms with Gasteiger partial charge >= 0.3 is 0 Å². The highest BCUT2D eigenvalue weighted by Gasteiger charge is 2.18. The number of rotatable bonds is 7. The van der Waals surface area contributed by atoms with E-state index in [1.807, 2.05) is 26.8 Å². The summed E-state index contributed by atoms with van der Waals surface area (Å²) in [5, 5.41) is 5.29. The summed E-state index contributed by atoms with van der Waals surface area (Å²) in [5.74, 6) is 0.488. The number of benzene rings is 2. The number of hydrogen-bond acceptors (Lipinski definition) is 6. The molecule has 0 spiro atoms. The van der Waals surface area contributed by atoms with Gasteiger partial charge < -0.3 is 25.5 Å². The first-order chi connectivity index (χ1) is 15.4. The van der Waals surface area contributed by atoms with Gasteiger partial charge in [-0.1, -0.05) is 6.07 Å². The van der Waals surface area contributed by atoms with Crippen LogP contribution in [0.2, 0.25) is 0 Å². The number of primary amides is 1. The van der Waals surface area contributed by atoms with Crippen molar-refractivity contribution in [2.75, 3.05) is 18.5 Å². The molecule has 1 amide bonds.